The Hall–Kier alpha value is -2.14. The van der Waals surface area contributed by atoms with E-state index >= 15 is 0 Å². The Morgan fingerprint density at radius 2 is 1.57 bits per heavy atom. The molecule has 0 aliphatic heterocycles. The molecule has 5 heteroatoms. The summed E-state index contributed by atoms with van der Waals surface area (Å²) in [4.78, 5) is 24.0. The molecule has 1 amide bonds. The average Bonchev–Trinajstić information content (AvgIpc) is 3.37. The summed E-state index contributed by atoms with van der Waals surface area (Å²) in [5.41, 5.74) is 9.03. The molecule has 1 aromatic rings. The van der Waals surface area contributed by atoms with Gasteiger partial charge in [-0.1, -0.05) is 78.5 Å². The first kappa shape index (κ1) is 34.7. The van der Waals surface area contributed by atoms with Crippen molar-refractivity contribution in [1.82, 2.24) is 0 Å². The molecule has 5 aliphatic rings. The van der Waals surface area contributed by atoms with E-state index in [2.05, 4.69) is 71.9 Å². The Morgan fingerprint density at radius 3 is 2.30 bits per heavy atom. The number of carbonyl (C=O) groups excluding carboxylic acids is 2. The third-order valence-corrected chi connectivity index (χ3v) is 15.8. The number of ether oxygens (including phenoxy) is 2. The van der Waals surface area contributed by atoms with Gasteiger partial charge in [0.1, 0.15) is 6.10 Å². The van der Waals surface area contributed by atoms with Gasteiger partial charge >= 0.3 is 5.97 Å². The van der Waals surface area contributed by atoms with Gasteiger partial charge in [0, 0.05) is 18.3 Å². The van der Waals surface area contributed by atoms with Gasteiger partial charge in [-0.25, -0.2) is 0 Å². The van der Waals surface area contributed by atoms with E-state index in [-0.39, 0.29) is 41.7 Å². The first-order valence-electron chi connectivity index (χ1n) is 18.9. The monoisotopic (exact) mass is 645 g/mol. The van der Waals surface area contributed by atoms with Crippen LogP contribution in [0.5, 0.6) is 0 Å². The molecule has 10 atom stereocenters. The van der Waals surface area contributed by atoms with E-state index in [1.54, 1.807) is 0 Å². The number of fused-ring (bicyclic) bond motifs is 7. The van der Waals surface area contributed by atoms with Crippen molar-refractivity contribution in [2.24, 2.45) is 62.4 Å². The number of primary amides is 1. The largest absolute Gasteiger partial charge is 0.462 e. The molecular formula is C42H63NO4. The van der Waals surface area contributed by atoms with Crippen LogP contribution >= 0.6 is 0 Å². The standard InChI is InChI=1S/C42H63NO4/c1-28(26-46-27-29-12-9-8-10-13-29)30-18-21-39(4)24-25-41(6)31(37(30)39)16-17-33-40(5)22-20-34(47-36(45)15-11-14-35(43)44)38(2,3)32(40)19-23-42(33,41)7/h8-10,12-13,30-34,37H,1,11,14-27H2,2-7H3,(H2,43,44)/t30-,31+,32-,33+,34-,37+,39+,40-,41+,42+/m0/s1. The zero-order chi connectivity index (χ0) is 33.8. The van der Waals surface area contributed by atoms with Gasteiger partial charge in [0.25, 0.3) is 0 Å². The molecule has 0 radical (unpaired) electrons. The summed E-state index contributed by atoms with van der Waals surface area (Å²) in [6, 6.07) is 10.5. The highest BCUT2D eigenvalue weighted by Crippen LogP contribution is 2.77. The molecule has 260 valence electrons. The first-order chi connectivity index (χ1) is 22.2. The lowest BCUT2D eigenvalue weighted by molar-refractivity contribution is -0.249. The minimum Gasteiger partial charge on any atom is -0.462 e. The molecule has 5 saturated carbocycles. The molecule has 0 unspecified atom stereocenters. The number of rotatable bonds is 10. The maximum atomic E-state index is 12.8. The third kappa shape index (κ3) is 5.83. The fraction of sp³-hybridized carbons (Fsp3) is 0.762. The van der Waals surface area contributed by atoms with Crippen LogP contribution < -0.4 is 5.73 Å². The first-order valence-corrected chi connectivity index (χ1v) is 18.9. The molecule has 5 fully saturated rings. The third-order valence-electron chi connectivity index (χ3n) is 15.8. The van der Waals surface area contributed by atoms with E-state index in [1.165, 1.54) is 62.5 Å². The topological polar surface area (TPSA) is 78.6 Å². The summed E-state index contributed by atoms with van der Waals surface area (Å²) < 4.78 is 12.5. The van der Waals surface area contributed by atoms with E-state index in [1.807, 2.05) is 0 Å². The van der Waals surface area contributed by atoms with Gasteiger partial charge in [-0.15, -0.1) is 0 Å². The van der Waals surface area contributed by atoms with Crippen LogP contribution in [0.1, 0.15) is 131 Å². The number of hydrogen-bond acceptors (Lipinski definition) is 4. The van der Waals surface area contributed by atoms with Gasteiger partial charge in [0.05, 0.1) is 13.2 Å². The Kier molecular flexibility index (Phi) is 9.33. The number of esters is 1. The zero-order valence-corrected chi connectivity index (χ0v) is 30.4. The van der Waals surface area contributed by atoms with Crippen molar-refractivity contribution < 1.29 is 19.1 Å². The van der Waals surface area contributed by atoms with Gasteiger partial charge in [-0.3, -0.25) is 9.59 Å². The molecule has 1 aromatic carbocycles. The van der Waals surface area contributed by atoms with Gasteiger partial charge < -0.3 is 15.2 Å². The van der Waals surface area contributed by atoms with Crippen LogP contribution in [0.25, 0.3) is 0 Å². The van der Waals surface area contributed by atoms with Crippen molar-refractivity contribution >= 4 is 11.9 Å². The van der Waals surface area contributed by atoms with E-state index in [0.717, 1.165) is 18.8 Å². The van der Waals surface area contributed by atoms with Crippen molar-refractivity contribution in [2.45, 2.75) is 138 Å². The number of benzene rings is 1. The zero-order valence-electron chi connectivity index (χ0n) is 30.4. The van der Waals surface area contributed by atoms with Gasteiger partial charge in [-0.2, -0.15) is 0 Å². The predicted molar refractivity (Wildman–Crippen MR) is 188 cm³/mol. The van der Waals surface area contributed by atoms with Crippen LogP contribution in [-0.4, -0.2) is 24.6 Å². The van der Waals surface area contributed by atoms with E-state index in [9.17, 15) is 9.59 Å². The quantitative estimate of drug-likeness (QED) is 0.203. The predicted octanol–water partition coefficient (Wildman–Crippen LogP) is 9.43. The van der Waals surface area contributed by atoms with Crippen molar-refractivity contribution in [2.75, 3.05) is 6.61 Å². The second kappa shape index (κ2) is 12.6. The van der Waals surface area contributed by atoms with Crippen molar-refractivity contribution in [3.8, 4) is 0 Å². The lowest BCUT2D eigenvalue weighted by Crippen LogP contribution is -2.66. The van der Waals surface area contributed by atoms with E-state index in [0.29, 0.717) is 59.6 Å². The summed E-state index contributed by atoms with van der Waals surface area (Å²) in [5.74, 6) is 2.65. The maximum absolute atomic E-state index is 12.8. The van der Waals surface area contributed by atoms with E-state index in [4.69, 9.17) is 21.8 Å². The minimum absolute atomic E-state index is 0.0670. The molecule has 2 N–H and O–H groups in total. The van der Waals surface area contributed by atoms with Crippen LogP contribution in [0.4, 0.5) is 0 Å². The van der Waals surface area contributed by atoms with Crippen molar-refractivity contribution in [3.63, 3.8) is 0 Å². The van der Waals surface area contributed by atoms with Gasteiger partial charge in [-0.05, 0) is 133 Å². The molecule has 5 aliphatic carbocycles. The molecule has 5 nitrogen and oxygen atoms in total. The number of hydrogen-bond donors (Lipinski definition) is 1. The Labute approximate surface area is 285 Å². The Balaban J connectivity index is 1.18. The minimum atomic E-state index is -0.357. The van der Waals surface area contributed by atoms with E-state index < -0.39 is 0 Å². The molecule has 6 rings (SSSR count). The SMILES string of the molecule is C=C(COCc1ccccc1)[C@@H]1CC[C@]2(C)CC[C@]3(C)[C@H](CC[C@@H]4[C@@]5(C)CC[C@H](OC(=O)CCCC(N)=O)C(C)(C)[C@@H]5CC[C@]43C)[C@@H]12. The second-order valence-electron chi connectivity index (χ2n) is 18.3. The van der Waals surface area contributed by atoms with Crippen LogP contribution in [0, 0.1) is 56.7 Å². The normalized spacial score (nSPS) is 41.9. The lowest BCUT2D eigenvalue weighted by atomic mass is 9.32. The Morgan fingerprint density at radius 1 is 0.830 bits per heavy atom. The molecule has 0 heterocycles. The number of nitrogens with two attached hydrogens (primary N) is 1. The summed E-state index contributed by atoms with van der Waals surface area (Å²) in [5, 5.41) is 0. The van der Waals surface area contributed by atoms with Crippen LogP contribution in [0.2, 0.25) is 0 Å². The summed E-state index contributed by atoms with van der Waals surface area (Å²) in [6.45, 7) is 21.4. The molecule has 0 saturated heterocycles. The van der Waals surface area contributed by atoms with Crippen molar-refractivity contribution in [1.29, 1.82) is 0 Å². The second-order valence-corrected chi connectivity index (χ2v) is 18.3. The fourth-order valence-corrected chi connectivity index (χ4v) is 13.2. The molecular weight excluding hydrogens is 582 g/mol. The molecule has 47 heavy (non-hydrogen) atoms. The average molecular weight is 646 g/mol. The molecule has 0 aromatic heterocycles. The summed E-state index contributed by atoms with van der Waals surface area (Å²) in [6.07, 6.45) is 13.3. The van der Waals surface area contributed by atoms with Crippen LogP contribution in [0.15, 0.2) is 42.5 Å². The summed E-state index contributed by atoms with van der Waals surface area (Å²) in [7, 11) is 0. The van der Waals surface area contributed by atoms with Crippen molar-refractivity contribution in [3.05, 3.63) is 48.0 Å². The van der Waals surface area contributed by atoms with Gasteiger partial charge in [0.2, 0.25) is 5.91 Å². The molecule has 0 bridgehead atoms. The van der Waals surface area contributed by atoms with Crippen LogP contribution in [0.3, 0.4) is 0 Å². The lowest BCUT2D eigenvalue weighted by Gasteiger charge is -2.73. The highest BCUT2D eigenvalue weighted by atomic mass is 16.5. The van der Waals surface area contributed by atoms with Gasteiger partial charge in [0.15, 0.2) is 0 Å². The maximum Gasteiger partial charge on any atom is 0.306 e. The highest BCUT2D eigenvalue weighted by molar-refractivity contribution is 5.75. The fourth-order valence-electron chi connectivity index (χ4n) is 13.2. The molecule has 0 spiro atoms. The van der Waals surface area contributed by atoms with Crippen LogP contribution in [-0.2, 0) is 25.7 Å². The number of amides is 1. The number of carbonyl (C=O) groups is 2. The summed E-state index contributed by atoms with van der Waals surface area (Å²) >= 11 is 0. The highest BCUT2D eigenvalue weighted by Gasteiger charge is 2.70. The Bertz CT molecular complexity index is 1340. The smallest absolute Gasteiger partial charge is 0.306 e.